The van der Waals surface area contributed by atoms with Gasteiger partial charge in [0, 0.05) is 0 Å². The van der Waals surface area contributed by atoms with Gasteiger partial charge in [-0.15, -0.1) is 0 Å². The van der Waals surface area contributed by atoms with E-state index in [-0.39, 0.29) is 0 Å². The number of carbonyl (C=O) groups is 1. The van der Waals surface area contributed by atoms with Crippen LogP contribution >= 0.6 is 0 Å². The molecule has 0 aromatic heterocycles. The van der Waals surface area contributed by atoms with Crippen LogP contribution in [0.15, 0.2) is 30.3 Å². The molecule has 0 saturated carbocycles. The standard InChI is InChI=1S/C8H9NO2/c9-7(8(10)11)6-4-2-1-3-5-6/h1-5,7H,9H2,(H,10,11)/i7+2. The molecule has 11 heavy (non-hydrogen) atoms. The lowest BCUT2D eigenvalue weighted by Gasteiger charge is -2.04. The Morgan fingerprint density at radius 2 is 1.91 bits per heavy atom. The van der Waals surface area contributed by atoms with Gasteiger partial charge in [-0.05, 0) is 5.56 Å². The second-order valence-corrected chi connectivity index (χ2v) is 2.23. The molecule has 0 amide bonds. The van der Waals surface area contributed by atoms with Crippen molar-refractivity contribution in [3.8, 4) is 0 Å². The van der Waals surface area contributed by atoms with Gasteiger partial charge in [-0.3, -0.25) is 4.79 Å². The monoisotopic (exact) mass is 153 g/mol. The second-order valence-electron chi connectivity index (χ2n) is 2.23. The molecule has 1 aromatic carbocycles. The third-order valence-corrected chi connectivity index (χ3v) is 1.42. The number of hydrogen-bond acceptors (Lipinski definition) is 2. The first-order chi connectivity index (χ1) is 5.22. The van der Waals surface area contributed by atoms with Crippen LogP contribution in [-0.2, 0) is 4.79 Å². The van der Waals surface area contributed by atoms with Gasteiger partial charge in [0.1, 0.15) is 6.04 Å². The number of carboxylic acid groups (broad SMARTS) is 1. The summed E-state index contributed by atoms with van der Waals surface area (Å²) in [6.45, 7) is 0. The van der Waals surface area contributed by atoms with E-state index in [9.17, 15) is 4.79 Å². The van der Waals surface area contributed by atoms with Gasteiger partial charge in [0.2, 0.25) is 0 Å². The first-order valence-electron chi connectivity index (χ1n) is 3.25. The highest BCUT2D eigenvalue weighted by atomic mass is 16.4. The van der Waals surface area contributed by atoms with Crippen LogP contribution in [0, 0.1) is 0 Å². The van der Waals surface area contributed by atoms with Crippen molar-refractivity contribution >= 4 is 5.97 Å². The van der Waals surface area contributed by atoms with Crippen LogP contribution in [0.25, 0.3) is 0 Å². The van der Waals surface area contributed by atoms with E-state index in [1.807, 2.05) is 6.07 Å². The number of aliphatic carboxylic acids is 1. The molecule has 0 aliphatic rings. The smallest absolute Gasteiger partial charge is 0.325 e. The lowest BCUT2D eigenvalue weighted by molar-refractivity contribution is -0.138. The summed E-state index contributed by atoms with van der Waals surface area (Å²) in [6, 6.07) is 7.82. The zero-order valence-corrected chi connectivity index (χ0v) is 5.90. The van der Waals surface area contributed by atoms with Crippen molar-refractivity contribution in [3.63, 3.8) is 0 Å². The molecule has 3 N–H and O–H groups in total. The Labute approximate surface area is 64.5 Å². The van der Waals surface area contributed by atoms with E-state index in [2.05, 4.69) is 0 Å². The molecule has 1 unspecified atom stereocenters. The van der Waals surface area contributed by atoms with Crippen LogP contribution in [0.1, 0.15) is 11.6 Å². The van der Waals surface area contributed by atoms with E-state index < -0.39 is 12.0 Å². The lowest BCUT2D eigenvalue weighted by atomic mass is 10.3. The van der Waals surface area contributed by atoms with Crippen molar-refractivity contribution in [1.29, 1.82) is 0 Å². The van der Waals surface area contributed by atoms with Gasteiger partial charge in [0.15, 0.2) is 0 Å². The van der Waals surface area contributed by atoms with Gasteiger partial charge >= 0.3 is 5.97 Å². The molecule has 1 atom stereocenters. The number of carboxylic acids is 1. The van der Waals surface area contributed by atoms with Gasteiger partial charge in [0.25, 0.3) is 0 Å². The normalized spacial score (nSPS) is 12.5. The molecule has 0 heterocycles. The second kappa shape index (κ2) is 3.16. The van der Waals surface area contributed by atoms with E-state index in [4.69, 9.17) is 10.8 Å². The van der Waals surface area contributed by atoms with Crippen molar-refractivity contribution in [1.82, 2.24) is 0 Å². The van der Waals surface area contributed by atoms with Crippen LogP contribution in [-0.4, -0.2) is 11.1 Å². The predicted molar refractivity (Wildman–Crippen MR) is 41.0 cm³/mol. The Morgan fingerprint density at radius 1 is 1.36 bits per heavy atom. The average molecular weight is 153 g/mol. The highest BCUT2D eigenvalue weighted by molar-refractivity contribution is 5.75. The predicted octanol–water partition coefficient (Wildman–Crippen LogP) is 0.771. The number of hydrogen-bond donors (Lipinski definition) is 2. The molecular weight excluding hydrogens is 144 g/mol. The third-order valence-electron chi connectivity index (χ3n) is 1.42. The lowest BCUT2D eigenvalue weighted by Crippen LogP contribution is -2.20. The van der Waals surface area contributed by atoms with Crippen molar-refractivity contribution in [3.05, 3.63) is 35.9 Å². The minimum absolute atomic E-state index is 0.625. The molecule has 3 nitrogen and oxygen atoms in total. The summed E-state index contributed by atoms with van der Waals surface area (Å²) in [5.74, 6) is -1.00. The topological polar surface area (TPSA) is 63.3 Å². The Morgan fingerprint density at radius 3 is 2.36 bits per heavy atom. The number of benzene rings is 1. The molecule has 1 rings (SSSR count). The summed E-state index contributed by atoms with van der Waals surface area (Å²) < 4.78 is 0. The van der Waals surface area contributed by atoms with Crippen LogP contribution < -0.4 is 5.73 Å². The molecular formula is C8H9NO2. The van der Waals surface area contributed by atoms with Crippen LogP contribution in [0.4, 0.5) is 0 Å². The molecule has 58 valence electrons. The summed E-state index contributed by atoms with van der Waals surface area (Å²) in [6.07, 6.45) is 0. The van der Waals surface area contributed by atoms with Crippen molar-refractivity contribution in [2.75, 3.05) is 0 Å². The zero-order chi connectivity index (χ0) is 8.27. The number of nitrogens with two attached hydrogens (primary N) is 1. The van der Waals surface area contributed by atoms with Crippen molar-refractivity contribution < 1.29 is 9.90 Å². The first kappa shape index (κ1) is 7.75. The summed E-state index contributed by atoms with van der Waals surface area (Å²) in [7, 11) is 0. The summed E-state index contributed by atoms with van der Waals surface area (Å²) >= 11 is 0. The van der Waals surface area contributed by atoms with E-state index in [0.29, 0.717) is 5.56 Å². The molecule has 0 fully saturated rings. The van der Waals surface area contributed by atoms with Crippen LogP contribution in [0.3, 0.4) is 0 Å². The molecule has 0 aliphatic carbocycles. The average Bonchev–Trinajstić information content (AvgIpc) is 2.05. The maximum atomic E-state index is 10.4. The summed E-state index contributed by atoms with van der Waals surface area (Å²) in [4.78, 5) is 10.4. The van der Waals surface area contributed by atoms with Gasteiger partial charge in [-0.2, -0.15) is 0 Å². The van der Waals surface area contributed by atoms with Crippen LogP contribution in [0.5, 0.6) is 0 Å². The minimum Gasteiger partial charge on any atom is -0.480 e. The Hall–Kier alpha value is -1.35. The minimum atomic E-state index is -1.00. The van der Waals surface area contributed by atoms with Gasteiger partial charge in [0.05, 0.1) is 0 Å². The number of rotatable bonds is 2. The van der Waals surface area contributed by atoms with Crippen LogP contribution in [0.2, 0.25) is 0 Å². The van der Waals surface area contributed by atoms with E-state index in [0.717, 1.165) is 0 Å². The fourth-order valence-corrected chi connectivity index (χ4v) is 0.803. The highest BCUT2D eigenvalue weighted by Crippen LogP contribution is 2.08. The largest absolute Gasteiger partial charge is 0.480 e. The zero-order valence-electron chi connectivity index (χ0n) is 5.90. The molecule has 0 spiro atoms. The van der Waals surface area contributed by atoms with E-state index in [1.165, 1.54) is 0 Å². The molecule has 0 radical (unpaired) electrons. The maximum absolute atomic E-state index is 10.4. The van der Waals surface area contributed by atoms with Gasteiger partial charge in [-0.1, -0.05) is 30.3 Å². The fraction of sp³-hybridized carbons (Fsp3) is 0.125. The van der Waals surface area contributed by atoms with E-state index in [1.54, 1.807) is 24.3 Å². The Balaban J connectivity index is 2.85. The quantitative estimate of drug-likeness (QED) is 0.659. The third kappa shape index (κ3) is 1.78. The van der Waals surface area contributed by atoms with Crippen molar-refractivity contribution in [2.45, 2.75) is 6.04 Å². The van der Waals surface area contributed by atoms with Crippen molar-refractivity contribution in [2.24, 2.45) is 5.73 Å². The van der Waals surface area contributed by atoms with Gasteiger partial charge < -0.3 is 10.8 Å². The maximum Gasteiger partial charge on any atom is 0.325 e. The Kier molecular flexibility index (Phi) is 2.23. The molecule has 1 aromatic rings. The summed E-state index contributed by atoms with van der Waals surface area (Å²) in [5, 5.41) is 8.51. The molecule has 0 bridgehead atoms. The molecule has 0 aliphatic heterocycles. The highest BCUT2D eigenvalue weighted by Gasteiger charge is 2.12. The first-order valence-corrected chi connectivity index (χ1v) is 3.25. The Bertz CT molecular complexity index is 246. The SMILES string of the molecule is N[14CH](C(=O)O)c1ccccc1. The van der Waals surface area contributed by atoms with E-state index >= 15 is 0 Å². The summed E-state index contributed by atoms with van der Waals surface area (Å²) in [5.41, 5.74) is 5.96. The van der Waals surface area contributed by atoms with Gasteiger partial charge in [-0.25, -0.2) is 0 Å². The molecule has 0 saturated heterocycles. The molecule has 3 heteroatoms. The fourth-order valence-electron chi connectivity index (χ4n) is 0.803.